The van der Waals surface area contributed by atoms with Gasteiger partial charge in [0.1, 0.15) is 18.5 Å². The second kappa shape index (κ2) is 15.0. The van der Waals surface area contributed by atoms with Gasteiger partial charge in [0.2, 0.25) is 12.4 Å². The molecular weight excluding hydrogens is 552 g/mol. The molecule has 0 aliphatic carbocycles. The van der Waals surface area contributed by atoms with Crippen molar-refractivity contribution in [3.8, 4) is 16.9 Å². The van der Waals surface area contributed by atoms with Gasteiger partial charge in [-0.25, -0.2) is 0 Å². The van der Waals surface area contributed by atoms with Crippen LogP contribution in [0.5, 0.6) is 5.75 Å². The first-order chi connectivity index (χ1) is 20.0. The topological polar surface area (TPSA) is 150 Å². The molecule has 3 rings (SSSR count). The highest BCUT2D eigenvalue weighted by molar-refractivity contribution is 5.75. The number of hydrogen-bond donors (Lipinski definition) is 0. The van der Waals surface area contributed by atoms with Crippen LogP contribution in [0.25, 0.3) is 11.1 Å². The van der Waals surface area contributed by atoms with Crippen LogP contribution in [0.15, 0.2) is 48.5 Å². The third-order valence-electron chi connectivity index (χ3n) is 5.97. The number of para-hydroxylation sites is 1. The van der Waals surface area contributed by atoms with Crippen molar-refractivity contribution < 1.29 is 57.1 Å². The van der Waals surface area contributed by atoms with Crippen molar-refractivity contribution in [1.82, 2.24) is 0 Å². The van der Waals surface area contributed by atoms with E-state index in [1.807, 2.05) is 12.1 Å². The normalized spacial score (nSPS) is 21.4. The van der Waals surface area contributed by atoms with E-state index >= 15 is 0 Å². The standard InChI is InChI=1S/C30H34O12/c1-6-36-26(35)15-21-10-9-11-22(14-21)23-12-7-8-13-24(23)41-30-29(40-20(5)34)28(39-19(4)33)27(38-18(3)32)25(42-30)16-37-17(2)31/h7-14,25,27-30H,6,15-16H2,1-5H3/t25-,27-,28+,29+,30-/m1/s1. The number of ether oxygens (including phenoxy) is 7. The molecule has 0 aromatic heterocycles. The largest absolute Gasteiger partial charge is 0.466 e. The molecule has 1 saturated heterocycles. The summed E-state index contributed by atoms with van der Waals surface area (Å²) in [5, 5.41) is 0. The fraction of sp³-hybridized carbons (Fsp3) is 0.433. The zero-order valence-corrected chi connectivity index (χ0v) is 24.0. The van der Waals surface area contributed by atoms with Crippen LogP contribution in [-0.2, 0) is 58.8 Å². The molecule has 1 aliphatic heterocycles. The van der Waals surface area contributed by atoms with Gasteiger partial charge in [0.05, 0.1) is 13.0 Å². The van der Waals surface area contributed by atoms with Gasteiger partial charge >= 0.3 is 29.8 Å². The molecule has 0 amide bonds. The minimum absolute atomic E-state index is 0.0738. The molecule has 0 bridgehead atoms. The van der Waals surface area contributed by atoms with Crippen LogP contribution in [0.2, 0.25) is 0 Å². The maximum Gasteiger partial charge on any atom is 0.310 e. The van der Waals surface area contributed by atoms with Gasteiger partial charge in [-0.05, 0) is 24.1 Å². The van der Waals surface area contributed by atoms with Gasteiger partial charge < -0.3 is 33.2 Å². The van der Waals surface area contributed by atoms with E-state index in [-0.39, 0.29) is 25.6 Å². The van der Waals surface area contributed by atoms with Crippen LogP contribution in [0.4, 0.5) is 0 Å². The molecule has 2 aromatic carbocycles. The lowest BCUT2D eigenvalue weighted by Gasteiger charge is -2.44. The molecule has 0 unspecified atom stereocenters. The van der Waals surface area contributed by atoms with Gasteiger partial charge in [-0.15, -0.1) is 0 Å². The highest BCUT2D eigenvalue weighted by Crippen LogP contribution is 2.35. The molecule has 0 N–H and O–H groups in total. The fourth-order valence-electron chi connectivity index (χ4n) is 4.44. The Kier molecular flexibility index (Phi) is 11.4. The smallest absolute Gasteiger partial charge is 0.310 e. The summed E-state index contributed by atoms with van der Waals surface area (Å²) >= 11 is 0. The average Bonchev–Trinajstić information content (AvgIpc) is 2.90. The van der Waals surface area contributed by atoms with Crippen molar-refractivity contribution in [3.05, 3.63) is 54.1 Å². The Balaban J connectivity index is 2.02. The first kappa shape index (κ1) is 32.1. The minimum Gasteiger partial charge on any atom is -0.466 e. The number of carbonyl (C=O) groups excluding carboxylic acids is 5. The van der Waals surface area contributed by atoms with Gasteiger partial charge in [0, 0.05) is 33.3 Å². The summed E-state index contributed by atoms with van der Waals surface area (Å²) in [7, 11) is 0. The summed E-state index contributed by atoms with van der Waals surface area (Å²) in [4.78, 5) is 59.8. The van der Waals surface area contributed by atoms with E-state index in [4.69, 9.17) is 33.2 Å². The van der Waals surface area contributed by atoms with E-state index in [0.29, 0.717) is 22.4 Å². The van der Waals surface area contributed by atoms with E-state index in [1.165, 1.54) is 6.92 Å². The Bertz CT molecular complexity index is 1290. The van der Waals surface area contributed by atoms with Crippen molar-refractivity contribution >= 4 is 29.8 Å². The maximum absolute atomic E-state index is 12.1. The molecule has 12 nitrogen and oxygen atoms in total. The fourth-order valence-corrected chi connectivity index (χ4v) is 4.44. The Labute approximate surface area is 243 Å². The van der Waals surface area contributed by atoms with E-state index in [9.17, 15) is 24.0 Å². The molecule has 1 heterocycles. The molecule has 0 spiro atoms. The molecule has 1 aliphatic rings. The molecular formula is C30H34O12. The van der Waals surface area contributed by atoms with Crippen molar-refractivity contribution in [2.45, 2.75) is 71.7 Å². The van der Waals surface area contributed by atoms with Gasteiger partial charge in [-0.3, -0.25) is 24.0 Å². The van der Waals surface area contributed by atoms with Crippen molar-refractivity contribution in [3.63, 3.8) is 0 Å². The average molecular weight is 587 g/mol. The summed E-state index contributed by atoms with van der Waals surface area (Å²) < 4.78 is 38.9. The Morgan fingerprint density at radius 3 is 2.02 bits per heavy atom. The zero-order valence-electron chi connectivity index (χ0n) is 24.0. The van der Waals surface area contributed by atoms with E-state index in [0.717, 1.165) is 20.8 Å². The summed E-state index contributed by atoms with van der Waals surface area (Å²) in [6.07, 6.45) is -6.52. The number of rotatable bonds is 11. The lowest BCUT2D eigenvalue weighted by molar-refractivity contribution is -0.288. The second-order valence-electron chi connectivity index (χ2n) is 9.36. The number of esters is 5. The quantitative estimate of drug-likeness (QED) is 0.281. The summed E-state index contributed by atoms with van der Waals surface area (Å²) in [5.74, 6) is -2.92. The van der Waals surface area contributed by atoms with Crippen molar-refractivity contribution in [2.24, 2.45) is 0 Å². The monoisotopic (exact) mass is 586 g/mol. The van der Waals surface area contributed by atoms with Crippen molar-refractivity contribution in [1.29, 1.82) is 0 Å². The summed E-state index contributed by atoms with van der Waals surface area (Å²) in [6, 6.07) is 14.2. The predicted octanol–water partition coefficient (Wildman–Crippen LogP) is 2.92. The molecule has 12 heteroatoms. The molecule has 0 radical (unpaired) electrons. The second-order valence-corrected chi connectivity index (χ2v) is 9.36. The van der Waals surface area contributed by atoms with Crippen molar-refractivity contribution in [2.75, 3.05) is 13.2 Å². The predicted molar refractivity (Wildman–Crippen MR) is 145 cm³/mol. The number of hydrogen-bond acceptors (Lipinski definition) is 12. The van der Waals surface area contributed by atoms with Crippen LogP contribution >= 0.6 is 0 Å². The van der Waals surface area contributed by atoms with Gasteiger partial charge in [0.25, 0.3) is 0 Å². The van der Waals surface area contributed by atoms with Gasteiger partial charge in [0.15, 0.2) is 12.2 Å². The molecule has 226 valence electrons. The SMILES string of the molecule is CCOC(=O)Cc1cccc(-c2ccccc2O[C@@H]2O[C@H](COC(C)=O)[C@@H](OC(C)=O)[C@H](OC(C)=O)[C@@H]2OC(C)=O)c1. The summed E-state index contributed by atoms with van der Waals surface area (Å²) in [5.41, 5.74) is 2.03. The third kappa shape index (κ3) is 9.03. The maximum atomic E-state index is 12.1. The van der Waals surface area contributed by atoms with Gasteiger partial charge in [-0.2, -0.15) is 0 Å². The van der Waals surface area contributed by atoms with E-state index in [2.05, 4.69) is 0 Å². The Hall–Kier alpha value is -4.45. The lowest BCUT2D eigenvalue weighted by Crippen LogP contribution is -2.63. The van der Waals surface area contributed by atoms with Crippen LogP contribution in [0.3, 0.4) is 0 Å². The van der Waals surface area contributed by atoms with Crippen LogP contribution in [-0.4, -0.2) is 73.8 Å². The van der Waals surface area contributed by atoms with Crippen LogP contribution < -0.4 is 4.74 Å². The molecule has 42 heavy (non-hydrogen) atoms. The first-order valence-electron chi connectivity index (χ1n) is 13.3. The summed E-state index contributed by atoms with van der Waals surface area (Å²) in [6.45, 7) is 6.24. The zero-order chi connectivity index (χ0) is 30.8. The minimum atomic E-state index is -1.39. The Morgan fingerprint density at radius 2 is 1.38 bits per heavy atom. The van der Waals surface area contributed by atoms with E-state index < -0.39 is 54.6 Å². The highest BCUT2D eigenvalue weighted by atomic mass is 16.7. The highest BCUT2D eigenvalue weighted by Gasteiger charge is 2.53. The van der Waals surface area contributed by atoms with Gasteiger partial charge in [-0.1, -0.05) is 42.5 Å². The molecule has 1 fully saturated rings. The first-order valence-corrected chi connectivity index (χ1v) is 13.3. The molecule has 0 saturated carbocycles. The lowest BCUT2D eigenvalue weighted by atomic mass is 9.97. The Morgan fingerprint density at radius 1 is 0.738 bits per heavy atom. The molecule has 5 atom stereocenters. The number of carbonyl (C=O) groups is 5. The van der Waals surface area contributed by atoms with Crippen LogP contribution in [0.1, 0.15) is 40.2 Å². The van der Waals surface area contributed by atoms with Crippen LogP contribution in [0, 0.1) is 0 Å². The van der Waals surface area contributed by atoms with E-state index in [1.54, 1.807) is 43.3 Å². The molecule has 2 aromatic rings. The third-order valence-corrected chi connectivity index (χ3v) is 5.97. The number of benzene rings is 2.